The standard InChI is InChI=1S/C26H41NO3Si/c1-19(2)31(20(3)4,21(5)6)30-18-25(27-17-22-11-9-8-10-12-22)26(28)23-13-15-24(29-7)16-14-23/h8-16,19-21,25-28H,17-18H2,1-7H3/t25-,26+/m0/s1. The van der Waals surface area contributed by atoms with Gasteiger partial charge in [0.05, 0.1) is 25.9 Å². The van der Waals surface area contributed by atoms with Gasteiger partial charge >= 0.3 is 0 Å². The van der Waals surface area contributed by atoms with Gasteiger partial charge in [0.2, 0.25) is 0 Å². The molecular formula is C26H41NO3Si. The molecule has 31 heavy (non-hydrogen) atoms. The highest BCUT2D eigenvalue weighted by Gasteiger charge is 2.45. The molecule has 0 aromatic heterocycles. The number of hydrogen-bond donors (Lipinski definition) is 2. The third kappa shape index (κ3) is 6.42. The molecule has 0 heterocycles. The number of hydrogen-bond acceptors (Lipinski definition) is 4. The van der Waals surface area contributed by atoms with Crippen LogP contribution in [0.1, 0.15) is 58.8 Å². The molecule has 0 spiro atoms. The van der Waals surface area contributed by atoms with Gasteiger partial charge in [-0.05, 0) is 39.9 Å². The summed E-state index contributed by atoms with van der Waals surface area (Å²) in [6.07, 6.45) is -0.673. The molecule has 2 aromatic carbocycles. The second-order valence-electron chi connectivity index (χ2n) is 9.32. The summed E-state index contributed by atoms with van der Waals surface area (Å²) in [5.74, 6) is 0.784. The summed E-state index contributed by atoms with van der Waals surface area (Å²) in [6.45, 7) is 14.9. The van der Waals surface area contributed by atoms with Gasteiger partial charge in [-0.2, -0.15) is 0 Å². The number of methoxy groups -OCH3 is 1. The molecule has 2 atom stereocenters. The highest BCUT2D eigenvalue weighted by molar-refractivity contribution is 6.77. The number of ether oxygens (including phenoxy) is 1. The molecular weight excluding hydrogens is 402 g/mol. The Hall–Kier alpha value is -1.66. The Morgan fingerprint density at radius 1 is 0.839 bits per heavy atom. The van der Waals surface area contributed by atoms with E-state index in [0.717, 1.165) is 11.3 Å². The smallest absolute Gasteiger partial charge is 0.200 e. The van der Waals surface area contributed by atoms with E-state index >= 15 is 0 Å². The van der Waals surface area contributed by atoms with Gasteiger partial charge in [0.1, 0.15) is 5.75 Å². The first-order valence-electron chi connectivity index (χ1n) is 11.5. The van der Waals surface area contributed by atoms with Gasteiger partial charge in [-0.15, -0.1) is 0 Å². The van der Waals surface area contributed by atoms with Crippen LogP contribution in [0.3, 0.4) is 0 Å². The lowest BCUT2D eigenvalue weighted by Gasteiger charge is -2.43. The van der Waals surface area contributed by atoms with Crippen molar-refractivity contribution in [1.82, 2.24) is 5.32 Å². The predicted molar refractivity (Wildman–Crippen MR) is 132 cm³/mol. The Kier molecular flexibility index (Phi) is 9.75. The van der Waals surface area contributed by atoms with Crippen molar-refractivity contribution < 1.29 is 14.3 Å². The maximum absolute atomic E-state index is 11.3. The largest absolute Gasteiger partial charge is 0.497 e. The molecule has 0 bridgehead atoms. The Balaban J connectivity index is 2.24. The van der Waals surface area contributed by atoms with Crippen molar-refractivity contribution in [1.29, 1.82) is 0 Å². The van der Waals surface area contributed by atoms with Crippen LogP contribution in [0.15, 0.2) is 54.6 Å². The Bertz CT molecular complexity index is 740. The van der Waals surface area contributed by atoms with Gasteiger partial charge in [-0.1, -0.05) is 84.0 Å². The third-order valence-electron chi connectivity index (χ3n) is 6.47. The normalized spacial score (nSPS) is 14.3. The minimum atomic E-state index is -2.03. The molecule has 0 amide bonds. The van der Waals surface area contributed by atoms with Crippen molar-refractivity contribution in [2.24, 2.45) is 0 Å². The number of aliphatic hydroxyl groups excluding tert-OH is 1. The summed E-state index contributed by atoms with van der Waals surface area (Å²) in [7, 11) is -0.381. The van der Waals surface area contributed by atoms with Gasteiger partial charge in [0.15, 0.2) is 8.32 Å². The summed E-state index contributed by atoms with van der Waals surface area (Å²) < 4.78 is 12.1. The lowest BCUT2D eigenvalue weighted by Crippen LogP contribution is -2.51. The Labute approximate surface area is 190 Å². The second kappa shape index (κ2) is 11.8. The van der Waals surface area contributed by atoms with E-state index in [-0.39, 0.29) is 6.04 Å². The van der Waals surface area contributed by atoms with Crippen LogP contribution >= 0.6 is 0 Å². The van der Waals surface area contributed by atoms with Crippen LogP contribution in [0.2, 0.25) is 16.6 Å². The highest BCUT2D eigenvalue weighted by atomic mass is 28.4. The summed E-state index contributed by atoms with van der Waals surface area (Å²) in [6, 6.07) is 17.7. The maximum Gasteiger partial charge on any atom is 0.200 e. The maximum atomic E-state index is 11.3. The zero-order valence-electron chi connectivity index (χ0n) is 20.3. The van der Waals surface area contributed by atoms with Crippen LogP contribution in [0.4, 0.5) is 0 Å². The summed E-state index contributed by atoms with van der Waals surface area (Å²) in [5.41, 5.74) is 3.55. The lowest BCUT2D eigenvalue weighted by molar-refractivity contribution is 0.0904. The monoisotopic (exact) mass is 443 g/mol. The van der Waals surface area contributed by atoms with E-state index < -0.39 is 14.4 Å². The van der Waals surface area contributed by atoms with E-state index in [1.165, 1.54) is 5.56 Å². The van der Waals surface area contributed by atoms with Gasteiger partial charge in [0.25, 0.3) is 0 Å². The van der Waals surface area contributed by atoms with Crippen molar-refractivity contribution in [3.63, 3.8) is 0 Å². The average Bonchev–Trinajstić information content (AvgIpc) is 2.75. The third-order valence-corrected chi connectivity index (χ3v) is 12.6. The molecule has 0 aliphatic rings. The van der Waals surface area contributed by atoms with E-state index in [0.29, 0.717) is 29.8 Å². The van der Waals surface area contributed by atoms with Crippen LogP contribution in [-0.2, 0) is 11.0 Å². The number of aliphatic hydroxyl groups is 1. The minimum absolute atomic E-state index is 0.211. The van der Waals surface area contributed by atoms with Crippen molar-refractivity contribution in [2.45, 2.75) is 76.9 Å². The molecule has 2 N–H and O–H groups in total. The van der Waals surface area contributed by atoms with Gasteiger partial charge in [-0.25, -0.2) is 0 Å². The first kappa shape index (κ1) is 25.6. The fourth-order valence-corrected chi connectivity index (χ4v) is 10.3. The summed E-state index contributed by atoms with van der Waals surface area (Å²) >= 11 is 0. The summed E-state index contributed by atoms with van der Waals surface area (Å²) in [5, 5.41) is 14.8. The van der Waals surface area contributed by atoms with Gasteiger partial charge < -0.3 is 19.6 Å². The van der Waals surface area contributed by atoms with E-state index in [2.05, 4.69) is 59.0 Å². The molecule has 0 fully saturated rings. The molecule has 0 aliphatic heterocycles. The van der Waals surface area contributed by atoms with E-state index in [1.54, 1.807) is 7.11 Å². The molecule has 172 valence electrons. The summed E-state index contributed by atoms with van der Waals surface area (Å²) in [4.78, 5) is 0. The highest BCUT2D eigenvalue weighted by Crippen LogP contribution is 2.42. The van der Waals surface area contributed by atoms with E-state index in [9.17, 15) is 5.11 Å². The molecule has 0 saturated heterocycles. The van der Waals surface area contributed by atoms with Crippen LogP contribution in [0.25, 0.3) is 0 Å². The molecule has 2 rings (SSSR count). The number of benzene rings is 2. The topological polar surface area (TPSA) is 50.7 Å². The molecule has 0 unspecified atom stereocenters. The SMILES string of the molecule is COc1ccc([C@@H](O)[C@H](CO[Si](C(C)C)(C(C)C)C(C)C)NCc2ccccc2)cc1. The molecule has 0 aliphatic carbocycles. The Morgan fingerprint density at radius 2 is 1.39 bits per heavy atom. The fraction of sp³-hybridized carbons (Fsp3) is 0.538. The molecule has 5 heteroatoms. The van der Waals surface area contributed by atoms with E-state index in [4.69, 9.17) is 9.16 Å². The Morgan fingerprint density at radius 3 is 1.87 bits per heavy atom. The molecule has 4 nitrogen and oxygen atoms in total. The quantitative estimate of drug-likeness (QED) is 0.390. The first-order chi connectivity index (χ1) is 14.7. The van der Waals surface area contributed by atoms with Crippen molar-refractivity contribution >= 4 is 8.32 Å². The minimum Gasteiger partial charge on any atom is -0.497 e. The zero-order chi connectivity index (χ0) is 23.0. The van der Waals surface area contributed by atoms with Crippen LogP contribution in [0.5, 0.6) is 5.75 Å². The van der Waals surface area contributed by atoms with Crippen molar-refractivity contribution in [3.05, 3.63) is 65.7 Å². The van der Waals surface area contributed by atoms with Crippen molar-refractivity contribution in [3.8, 4) is 5.75 Å². The molecule has 0 radical (unpaired) electrons. The van der Waals surface area contributed by atoms with Crippen LogP contribution in [-0.4, -0.2) is 33.2 Å². The lowest BCUT2D eigenvalue weighted by atomic mass is 10.0. The average molecular weight is 444 g/mol. The predicted octanol–water partition coefficient (Wildman–Crippen LogP) is 6.08. The molecule has 0 saturated carbocycles. The second-order valence-corrected chi connectivity index (χ2v) is 14.8. The van der Waals surface area contributed by atoms with Crippen LogP contribution in [0, 0.1) is 0 Å². The molecule has 2 aromatic rings. The van der Waals surface area contributed by atoms with Crippen LogP contribution < -0.4 is 10.1 Å². The number of nitrogens with one attached hydrogen (secondary N) is 1. The zero-order valence-corrected chi connectivity index (χ0v) is 21.3. The van der Waals surface area contributed by atoms with Gasteiger partial charge in [0, 0.05) is 6.54 Å². The van der Waals surface area contributed by atoms with Crippen molar-refractivity contribution in [2.75, 3.05) is 13.7 Å². The van der Waals surface area contributed by atoms with Gasteiger partial charge in [-0.3, -0.25) is 0 Å². The van der Waals surface area contributed by atoms with E-state index in [1.807, 2.05) is 42.5 Å². The number of rotatable bonds is 12. The fourth-order valence-electron chi connectivity index (χ4n) is 4.87. The first-order valence-corrected chi connectivity index (χ1v) is 13.6.